The molecule has 1 aromatic carbocycles. The van der Waals surface area contributed by atoms with E-state index in [1.165, 1.54) is 12.8 Å². The van der Waals surface area contributed by atoms with E-state index in [1.807, 2.05) is 18.2 Å². The Bertz CT molecular complexity index is 536. The van der Waals surface area contributed by atoms with E-state index in [9.17, 15) is 0 Å². The van der Waals surface area contributed by atoms with Crippen LogP contribution in [-0.4, -0.2) is 21.9 Å². The molecule has 4 heteroatoms. The van der Waals surface area contributed by atoms with Crippen LogP contribution in [-0.2, 0) is 17.7 Å². The number of methoxy groups -OCH3 is 1. The summed E-state index contributed by atoms with van der Waals surface area (Å²) in [6.45, 7) is 5.30. The van der Waals surface area contributed by atoms with Gasteiger partial charge in [-0.15, -0.1) is 10.2 Å². The van der Waals surface area contributed by atoms with Gasteiger partial charge in [0.1, 0.15) is 11.9 Å². The van der Waals surface area contributed by atoms with Crippen LogP contribution in [0.5, 0.6) is 0 Å². The molecule has 114 valence electrons. The first-order chi connectivity index (χ1) is 10.3. The van der Waals surface area contributed by atoms with E-state index in [-0.39, 0.29) is 6.10 Å². The summed E-state index contributed by atoms with van der Waals surface area (Å²) >= 11 is 0. The fourth-order valence-electron chi connectivity index (χ4n) is 2.59. The molecule has 0 saturated carbocycles. The molecule has 0 amide bonds. The van der Waals surface area contributed by atoms with Gasteiger partial charge in [-0.05, 0) is 12.0 Å². The third kappa shape index (κ3) is 3.70. The zero-order valence-corrected chi connectivity index (χ0v) is 13.2. The van der Waals surface area contributed by atoms with Gasteiger partial charge in [-0.1, -0.05) is 57.0 Å². The van der Waals surface area contributed by atoms with E-state index in [0.717, 1.165) is 36.6 Å². The molecule has 21 heavy (non-hydrogen) atoms. The lowest BCUT2D eigenvalue weighted by Gasteiger charge is -2.17. The highest BCUT2D eigenvalue weighted by molar-refractivity contribution is 5.23. The number of nitrogens with zero attached hydrogens (tertiary/aromatic N) is 3. The summed E-state index contributed by atoms with van der Waals surface area (Å²) in [6.07, 6.45) is 4.33. The average Bonchev–Trinajstić information content (AvgIpc) is 2.92. The molecule has 1 aromatic heterocycles. The predicted molar refractivity (Wildman–Crippen MR) is 84.2 cm³/mol. The van der Waals surface area contributed by atoms with Gasteiger partial charge in [0.25, 0.3) is 0 Å². The van der Waals surface area contributed by atoms with Crippen molar-refractivity contribution in [3.63, 3.8) is 0 Å². The number of hydrogen-bond donors (Lipinski definition) is 0. The minimum atomic E-state index is -0.152. The van der Waals surface area contributed by atoms with Gasteiger partial charge in [-0.2, -0.15) is 0 Å². The van der Waals surface area contributed by atoms with Crippen molar-refractivity contribution in [1.82, 2.24) is 14.8 Å². The summed E-state index contributed by atoms with van der Waals surface area (Å²) in [6, 6.07) is 10.2. The summed E-state index contributed by atoms with van der Waals surface area (Å²) in [5.41, 5.74) is 1.12. The predicted octanol–water partition coefficient (Wildman–Crippen LogP) is 3.77. The van der Waals surface area contributed by atoms with Gasteiger partial charge in [0.2, 0.25) is 0 Å². The largest absolute Gasteiger partial charge is 0.369 e. The number of hydrogen-bond acceptors (Lipinski definition) is 3. The number of aryl methyl sites for hydroxylation is 1. The van der Waals surface area contributed by atoms with Crippen molar-refractivity contribution in [1.29, 1.82) is 0 Å². The first-order valence-electron chi connectivity index (χ1n) is 7.81. The summed E-state index contributed by atoms with van der Waals surface area (Å²) in [5, 5.41) is 8.74. The van der Waals surface area contributed by atoms with Crippen LogP contribution in [0.25, 0.3) is 0 Å². The third-order valence-corrected chi connectivity index (χ3v) is 3.73. The Kier molecular flexibility index (Phi) is 5.93. The average molecular weight is 287 g/mol. The Morgan fingerprint density at radius 3 is 2.48 bits per heavy atom. The smallest absolute Gasteiger partial charge is 0.166 e. The molecule has 0 radical (unpaired) electrons. The number of benzene rings is 1. The Morgan fingerprint density at radius 2 is 1.86 bits per heavy atom. The van der Waals surface area contributed by atoms with E-state index in [4.69, 9.17) is 4.74 Å². The molecule has 0 fully saturated rings. The maximum Gasteiger partial charge on any atom is 0.166 e. The van der Waals surface area contributed by atoms with E-state index < -0.39 is 0 Å². The Labute approximate surface area is 127 Å². The van der Waals surface area contributed by atoms with Gasteiger partial charge >= 0.3 is 0 Å². The first-order valence-corrected chi connectivity index (χ1v) is 7.81. The van der Waals surface area contributed by atoms with Crippen LogP contribution in [0, 0.1) is 0 Å². The summed E-state index contributed by atoms with van der Waals surface area (Å²) in [4.78, 5) is 0. The van der Waals surface area contributed by atoms with Crippen molar-refractivity contribution < 1.29 is 4.74 Å². The van der Waals surface area contributed by atoms with Gasteiger partial charge in [0.15, 0.2) is 5.82 Å². The first kappa shape index (κ1) is 15.7. The number of ether oxygens (including phenoxy) is 1. The van der Waals surface area contributed by atoms with E-state index >= 15 is 0 Å². The Balaban J connectivity index is 2.30. The van der Waals surface area contributed by atoms with Crippen molar-refractivity contribution in [2.45, 2.75) is 52.2 Å². The minimum absolute atomic E-state index is 0.152. The molecule has 0 N–H and O–H groups in total. The minimum Gasteiger partial charge on any atom is -0.369 e. The van der Waals surface area contributed by atoms with Crippen LogP contribution in [0.3, 0.4) is 0 Å². The molecule has 1 unspecified atom stereocenters. The van der Waals surface area contributed by atoms with Gasteiger partial charge < -0.3 is 9.30 Å². The molecule has 0 aliphatic rings. The number of rotatable bonds is 8. The molecule has 0 aliphatic heterocycles. The zero-order chi connectivity index (χ0) is 15.1. The zero-order valence-electron chi connectivity index (χ0n) is 13.2. The molecule has 0 spiro atoms. The van der Waals surface area contributed by atoms with Crippen LogP contribution in [0.4, 0.5) is 0 Å². The van der Waals surface area contributed by atoms with E-state index in [0.29, 0.717) is 0 Å². The molecule has 1 heterocycles. The fourth-order valence-corrected chi connectivity index (χ4v) is 2.59. The Hall–Kier alpha value is -1.68. The highest BCUT2D eigenvalue weighted by atomic mass is 16.5. The van der Waals surface area contributed by atoms with E-state index in [2.05, 4.69) is 40.7 Å². The maximum absolute atomic E-state index is 5.70. The molecule has 4 nitrogen and oxygen atoms in total. The standard InChI is InChI=1S/C17H25N3O/c1-4-6-10-13-20-15(5-2)18-19-17(20)16(21-3)14-11-8-7-9-12-14/h7-9,11-12,16H,4-6,10,13H2,1-3H3. The molecule has 2 aromatic rings. The highest BCUT2D eigenvalue weighted by Crippen LogP contribution is 2.25. The lowest BCUT2D eigenvalue weighted by atomic mass is 10.1. The lowest BCUT2D eigenvalue weighted by molar-refractivity contribution is 0.125. The van der Waals surface area contributed by atoms with Crippen LogP contribution in [0.2, 0.25) is 0 Å². The monoisotopic (exact) mass is 287 g/mol. The number of aromatic nitrogens is 3. The topological polar surface area (TPSA) is 39.9 Å². The summed E-state index contributed by atoms with van der Waals surface area (Å²) in [5.74, 6) is 1.95. The van der Waals surface area contributed by atoms with Crippen molar-refractivity contribution in [3.05, 3.63) is 47.5 Å². The van der Waals surface area contributed by atoms with Crippen LogP contribution >= 0.6 is 0 Å². The van der Waals surface area contributed by atoms with Crippen molar-refractivity contribution in [2.24, 2.45) is 0 Å². The van der Waals surface area contributed by atoms with Crippen LogP contribution < -0.4 is 0 Å². The lowest BCUT2D eigenvalue weighted by Crippen LogP contribution is -2.14. The molecule has 2 rings (SSSR count). The second kappa shape index (κ2) is 7.93. The Morgan fingerprint density at radius 1 is 1.10 bits per heavy atom. The highest BCUT2D eigenvalue weighted by Gasteiger charge is 2.21. The van der Waals surface area contributed by atoms with Crippen molar-refractivity contribution in [2.75, 3.05) is 7.11 Å². The van der Waals surface area contributed by atoms with Crippen LogP contribution in [0.1, 0.15) is 56.4 Å². The normalized spacial score (nSPS) is 12.5. The molecular formula is C17H25N3O. The third-order valence-electron chi connectivity index (χ3n) is 3.73. The van der Waals surface area contributed by atoms with Gasteiger partial charge in [0, 0.05) is 20.1 Å². The van der Waals surface area contributed by atoms with Gasteiger partial charge in [-0.25, -0.2) is 0 Å². The second-order valence-corrected chi connectivity index (χ2v) is 5.21. The summed E-state index contributed by atoms with van der Waals surface area (Å²) < 4.78 is 7.94. The van der Waals surface area contributed by atoms with Gasteiger partial charge in [0.05, 0.1) is 0 Å². The number of unbranched alkanes of at least 4 members (excludes halogenated alkanes) is 2. The quantitative estimate of drug-likeness (QED) is 0.694. The molecule has 0 bridgehead atoms. The van der Waals surface area contributed by atoms with Gasteiger partial charge in [-0.3, -0.25) is 0 Å². The molecule has 1 atom stereocenters. The van der Waals surface area contributed by atoms with Crippen molar-refractivity contribution >= 4 is 0 Å². The second-order valence-electron chi connectivity index (χ2n) is 5.21. The SMILES string of the molecule is CCCCCn1c(CC)nnc1C(OC)c1ccccc1. The van der Waals surface area contributed by atoms with E-state index in [1.54, 1.807) is 7.11 Å². The molecular weight excluding hydrogens is 262 g/mol. The maximum atomic E-state index is 5.70. The summed E-state index contributed by atoms with van der Waals surface area (Å²) in [7, 11) is 1.73. The fraction of sp³-hybridized carbons (Fsp3) is 0.529. The van der Waals surface area contributed by atoms with Crippen LogP contribution in [0.15, 0.2) is 30.3 Å². The molecule has 0 aliphatic carbocycles. The van der Waals surface area contributed by atoms with Crippen molar-refractivity contribution in [3.8, 4) is 0 Å². The molecule has 0 saturated heterocycles.